The molecule has 0 aliphatic carbocycles. The Balaban J connectivity index is 2.57. The summed E-state index contributed by atoms with van der Waals surface area (Å²) < 4.78 is 21.7. The maximum absolute atomic E-state index is 11.8. The van der Waals surface area contributed by atoms with Crippen molar-refractivity contribution in [3.05, 3.63) is 40.2 Å². The molecule has 2 aromatic rings. The standard InChI is InChI=1S/C12H12O4S/c1-15-8-3-4-10-11(13)5-9(7-17(2)14)16-12(10)6-8/h3-6H,7H2,1-2H3. The van der Waals surface area contributed by atoms with Crippen LogP contribution in [0.4, 0.5) is 0 Å². The van der Waals surface area contributed by atoms with Crippen molar-refractivity contribution in [1.29, 1.82) is 0 Å². The van der Waals surface area contributed by atoms with E-state index in [9.17, 15) is 9.35 Å². The maximum Gasteiger partial charge on any atom is 0.193 e. The first kappa shape index (κ1) is 12.0. The third-order valence-corrected chi connectivity index (χ3v) is 3.02. The smallest absolute Gasteiger partial charge is 0.193 e. The van der Waals surface area contributed by atoms with Gasteiger partial charge in [-0.05, 0) is 23.3 Å². The molecule has 17 heavy (non-hydrogen) atoms. The van der Waals surface area contributed by atoms with Crippen molar-refractivity contribution in [1.82, 2.24) is 0 Å². The van der Waals surface area contributed by atoms with Gasteiger partial charge < -0.3 is 13.7 Å². The highest BCUT2D eigenvalue weighted by Crippen LogP contribution is 2.19. The summed E-state index contributed by atoms with van der Waals surface area (Å²) in [5, 5.41) is 0.497. The van der Waals surface area contributed by atoms with Crippen molar-refractivity contribution < 1.29 is 13.7 Å². The molecule has 90 valence electrons. The van der Waals surface area contributed by atoms with Gasteiger partial charge >= 0.3 is 0 Å². The Labute approximate surface area is 101 Å². The first-order valence-corrected chi connectivity index (χ1v) is 6.73. The van der Waals surface area contributed by atoms with Crippen LogP contribution in [0.5, 0.6) is 5.75 Å². The topological polar surface area (TPSA) is 62.5 Å². The fourth-order valence-corrected chi connectivity index (χ4v) is 2.13. The molecule has 4 nitrogen and oxygen atoms in total. The first-order valence-electron chi connectivity index (χ1n) is 5.01. The van der Waals surface area contributed by atoms with Crippen LogP contribution < -0.4 is 10.2 Å². The third-order valence-electron chi connectivity index (χ3n) is 2.33. The lowest BCUT2D eigenvalue weighted by Crippen LogP contribution is -2.06. The Morgan fingerprint density at radius 1 is 1.41 bits per heavy atom. The van der Waals surface area contributed by atoms with Crippen LogP contribution in [0.3, 0.4) is 0 Å². The fourth-order valence-electron chi connectivity index (χ4n) is 1.58. The average molecular weight is 252 g/mol. The van der Waals surface area contributed by atoms with Gasteiger partial charge in [0.25, 0.3) is 0 Å². The lowest BCUT2D eigenvalue weighted by Gasteiger charge is -2.06. The van der Waals surface area contributed by atoms with E-state index in [0.717, 1.165) is 0 Å². The summed E-state index contributed by atoms with van der Waals surface area (Å²) in [6.07, 6.45) is 1.57. The molecular formula is C12H12O4S. The number of ether oxygens (including phenoxy) is 1. The van der Waals surface area contributed by atoms with Crippen LogP contribution in [-0.2, 0) is 16.9 Å². The van der Waals surface area contributed by atoms with E-state index in [1.807, 2.05) is 0 Å². The second-order valence-corrected chi connectivity index (χ2v) is 5.09. The third kappa shape index (κ3) is 2.62. The minimum Gasteiger partial charge on any atom is -0.616 e. The Morgan fingerprint density at radius 3 is 2.82 bits per heavy atom. The Hall–Kier alpha value is -1.46. The lowest BCUT2D eigenvalue weighted by atomic mass is 10.2. The second-order valence-electron chi connectivity index (χ2n) is 3.66. The predicted octanol–water partition coefficient (Wildman–Crippen LogP) is 1.68. The molecule has 0 N–H and O–H groups in total. The van der Waals surface area contributed by atoms with Crippen LogP contribution in [0.25, 0.3) is 11.0 Å². The van der Waals surface area contributed by atoms with E-state index >= 15 is 0 Å². The van der Waals surface area contributed by atoms with Crippen molar-refractivity contribution in [2.75, 3.05) is 13.4 Å². The number of hydrogen-bond acceptors (Lipinski definition) is 4. The van der Waals surface area contributed by atoms with Gasteiger partial charge in [-0.15, -0.1) is 0 Å². The Kier molecular flexibility index (Phi) is 3.40. The summed E-state index contributed by atoms with van der Waals surface area (Å²) in [7, 11) is 1.55. The van der Waals surface area contributed by atoms with E-state index in [4.69, 9.17) is 9.15 Å². The van der Waals surface area contributed by atoms with Crippen LogP contribution in [0.15, 0.2) is 33.5 Å². The van der Waals surface area contributed by atoms with E-state index in [1.54, 1.807) is 31.6 Å². The highest BCUT2D eigenvalue weighted by atomic mass is 32.2. The normalized spacial score (nSPS) is 12.6. The molecule has 2 rings (SSSR count). The molecule has 1 unspecified atom stereocenters. The summed E-state index contributed by atoms with van der Waals surface area (Å²) >= 11 is -1.04. The van der Waals surface area contributed by atoms with Gasteiger partial charge in [-0.2, -0.15) is 0 Å². The molecule has 0 saturated carbocycles. The van der Waals surface area contributed by atoms with Crippen LogP contribution in [0, 0.1) is 0 Å². The molecule has 0 fully saturated rings. The van der Waals surface area contributed by atoms with Gasteiger partial charge in [0.1, 0.15) is 11.3 Å². The summed E-state index contributed by atoms with van der Waals surface area (Å²) in [6.45, 7) is 0. The van der Waals surface area contributed by atoms with Gasteiger partial charge in [0.15, 0.2) is 16.9 Å². The van der Waals surface area contributed by atoms with Gasteiger partial charge in [-0.25, -0.2) is 0 Å². The summed E-state index contributed by atoms with van der Waals surface area (Å²) in [6, 6.07) is 6.40. The molecule has 0 radical (unpaired) electrons. The van der Waals surface area contributed by atoms with Gasteiger partial charge in [0, 0.05) is 12.1 Å². The molecule has 1 aromatic carbocycles. The number of methoxy groups -OCH3 is 1. The Morgan fingerprint density at radius 2 is 2.18 bits per heavy atom. The second kappa shape index (κ2) is 4.81. The van der Waals surface area contributed by atoms with E-state index in [-0.39, 0.29) is 11.2 Å². The number of fused-ring (bicyclic) bond motifs is 1. The largest absolute Gasteiger partial charge is 0.616 e. The van der Waals surface area contributed by atoms with Crippen molar-refractivity contribution in [2.24, 2.45) is 0 Å². The lowest BCUT2D eigenvalue weighted by molar-refractivity contribution is 0.414. The fraction of sp³-hybridized carbons (Fsp3) is 0.250. The summed E-state index contributed by atoms with van der Waals surface area (Å²) in [4.78, 5) is 11.8. The highest BCUT2D eigenvalue weighted by molar-refractivity contribution is 7.89. The van der Waals surface area contributed by atoms with Crippen LogP contribution in [0.2, 0.25) is 0 Å². The molecule has 1 atom stereocenters. The quantitative estimate of drug-likeness (QED) is 0.780. The van der Waals surface area contributed by atoms with Crippen LogP contribution in [0.1, 0.15) is 5.76 Å². The minimum absolute atomic E-state index is 0.130. The monoisotopic (exact) mass is 252 g/mol. The Bertz CT molecular complexity index is 589. The van der Waals surface area contributed by atoms with Crippen LogP contribution >= 0.6 is 0 Å². The number of hydrogen-bond donors (Lipinski definition) is 0. The van der Waals surface area contributed by atoms with Gasteiger partial charge in [0.2, 0.25) is 0 Å². The first-order chi connectivity index (χ1) is 8.10. The van der Waals surface area contributed by atoms with Crippen molar-refractivity contribution in [2.45, 2.75) is 5.75 Å². The molecule has 0 spiro atoms. The van der Waals surface area contributed by atoms with Gasteiger partial charge in [0.05, 0.1) is 18.8 Å². The number of rotatable bonds is 3. The molecule has 0 aliphatic heterocycles. The zero-order valence-corrected chi connectivity index (χ0v) is 10.4. The molecule has 0 bridgehead atoms. The zero-order valence-electron chi connectivity index (χ0n) is 9.56. The van der Waals surface area contributed by atoms with Crippen molar-refractivity contribution in [3.8, 4) is 5.75 Å². The molecule has 0 aliphatic rings. The van der Waals surface area contributed by atoms with E-state index in [0.29, 0.717) is 22.5 Å². The molecule has 1 aromatic heterocycles. The molecule has 0 amide bonds. The maximum atomic E-state index is 11.8. The van der Waals surface area contributed by atoms with Crippen molar-refractivity contribution >= 4 is 22.1 Å². The summed E-state index contributed by atoms with van der Waals surface area (Å²) in [5.74, 6) is 1.29. The van der Waals surface area contributed by atoms with Gasteiger partial charge in [-0.1, -0.05) is 0 Å². The van der Waals surface area contributed by atoms with Crippen molar-refractivity contribution in [3.63, 3.8) is 0 Å². The molecule has 5 heteroatoms. The molecular weight excluding hydrogens is 240 g/mol. The van der Waals surface area contributed by atoms with Gasteiger partial charge in [-0.3, -0.25) is 4.79 Å². The summed E-state index contributed by atoms with van der Waals surface area (Å²) in [5.41, 5.74) is 0.326. The van der Waals surface area contributed by atoms with Crippen LogP contribution in [-0.4, -0.2) is 17.9 Å². The predicted molar refractivity (Wildman–Crippen MR) is 66.8 cm³/mol. The number of benzene rings is 1. The molecule has 0 saturated heterocycles. The molecule has 1 heterocycles. The average Bonchev–Trinajstić information content (AvgIpc) is 2.27. The van der Waals surface area contributed by atoms with E-state index in [2.05, 4.69) is 0 Å². The van der Waals surface area contributed by atoms with E-state index < -0.39 is 11.2 Å². The minimum atomic E-state index is -1.04. The van der Waals surface area contributed by atoms with E-state index in [1.165, 1.54) is 6.07 Å². The highest BCUT2D eigenvalue weighted by Gasteiger charge is 2.09. The SMILES string of the molecule is COc1ccc2c(=O)cc(C[S+](C)[O-])oc2c1. The zero-order chi connectivity index (χ0) is 12.4.